The molecule has 0 bridgehead atoms. The van der Waals surface area contributed by atoms with E-state index in [9.17, 15) is 0 Å². The average molecular weight is 396 g/mol. The quantitative estimate of drug-likeness (QED) is 0.572. The summed E-state index contributed by atoms with van der Waals surface area (Å²) >= 11 is 0. The zero-order valence-electron chi connectivity index (χ0n) is 9.05. The normalized spacial score (nSPS) is 9.88. The molecule has 0 unspecified atom stereocenters. The molecular formula is C15H10IrN-. The second-order valence-corrected chi connectivity index (χ2v) is 3.66. The molecule has 0 saturated carbocycles. The molecule has 1 nitrogen and oxygen atoms in total. The van der Waals surface area contributed by atoms with Gasteiger partial charge in [-0.2, -0.15) is 0 Å². The van der Waals surface area contributed by atoms with Crippen LogP contribution < -0.4 is 0 Å². The Morgan fingerprint density at radius 3 is 2.53 bits per heavy atom. The third kappa shape index (κ3) is 2.28. The molecule has 0 aliphatic heterocycles. The van der Waals surface area contributed by atoms with E-state index in [1.165, 1.54) is 10.8 Å². The minimum absolute atomic E-state index is 0. The molecule has 17 heavy (non-hydrogen) atoms. The standard InChI is InChI=1S/C15H10N.Ir/c1-2-7-13(8-3-1)15-14-9-5-4-6-12(14)10-11-16-15;/h1-7,9-11H;/q-1;. The van der Waals surface area contributed by atoms with Crippen molar-refractivity contribution in [2.24, 2.45) is 0 Å². The molecule has 0 saturated heterocycles. The van der Waals surface area contributed by atoms with Crippen LogP contribution in [0.1, 0.15) is 0 Å². The number of hydrogen-bond acceptors (Lipinski definition) is 1. The van der Waals surface area contributed by atoms with E-state index in [1.807, 2.05) is 48.7 Å². The van der Waals surface area contributed by atoms with Gasteiger partial charge in [-0.1, -0.05) is 24.3 Å². The van der Waals surface area contributed by atoms with Crippen LogP contribution >= 0.6 is 0 Å². The molecule has 0 spiro atoms. The van der Waals surface area contributed by atoms with E-state index < -0.39 is 0 Å². The van der Waals surface area contributed by atoms with Crippen molar-refractivity contribution in [2.45, 2.75) is 0 Å². The van der Waals surface area contributed by atoms with Crippen LogP contribution in [0.25, 0.3) is 22.0 Å². The van der Waals surface area contributed by atoms with Crippen molar-refractivity contribution in [3.8, 4) is 11.3 Å². The molecule has 0 aliphatic rings. The molecule has 85 valence electrons. The summed E-state index contributed by atoms with van der Waals surface area (Å²) in [7, 11) is 0. The van der Waals surface area contributed by atoms with Crippen molar-refractivity contribution in [3.63, 3.8) is 0 Å². The maximum absolute atomic E-state index is 4.45. The molecule has 0 atom stereocenters. The number of rotatable bonds is 1. The summed E-state index contributed by atoms with van der Waals surface area (Å²) in [6.07, 6.45) is 1.85. The summed E-state index contributed by atoms with van der Waals surface area (Å²) in [6.45, 7) is 0. The van der Waals surface area contributed by atoms with Crippen LogP contribution in [0.15, 0.2) is 60.8 Å². The van der Waals surface area contributed by atoms with Crippen LogP contribution in [0.2, 0.25) is 0 Å². The molecule has 1 heterocycles. The predicted octanol–water partition coefficient (Wildman–Crippen LogP) is 3.70. The van der Waals surface area contributed by atoms with E-state index in [0.29, 0.717) is 0 Å². The van der Waals surface area contributed by atoms with Crippen molar-refractivity contribution in [2.75, 3.05) is 0 Å². The minimum atomic E-state index is 0. The van der Waals surface area contributed by atoms with Crippen LogP contribution in [0.3, 0.4) is 0 Å². The number of aromatic nitrogens is 1. The fraction of sp³-hybridized carbons (Fsp3) is 0. The second-order valence-electron chi connectivity index (χ2n) is 3.66. The van der Waals surface area contributed by atoms with Crippen LogP contribution in [0.4, 0.5) is 0 Å². The number of fused-ring (bicyclic) bond motifs is 1. The van der Waals surface area contributed by atoms with Crippen LogP contribution in [-0.4, -0.2) is 4.98 Å². The first-order chi connectivity index (χ1) is 7.95. The van der Waals surface area contributed by atoms with Crippen molar-refractivity contribution in [3.05, 3.63) is 66.9 Å². The Hall–Kier alpha value is -1.50. The monoisotopic (exact) mass is 397 g/mol. The summed E-state index contributed by atoms with van der Waals surface area (Å²) < 4.78 is 0. The fourth-order valence-electron chi connectivity index (χ4n) is 1.87. The zero-order valence-corrected chi connectivity index (χ0v) is 11.4. The van der Waals surface area contributed by atoms with Gasteiger partial charge in [-0.25, -0.2) is 0 Å². The first-order valence-electron chi connectivity index (χ1n) is 5.26. The maximum Gasteiger partial charge on any atom is 0.0167 e. The van der Waals surface area contributed by atoms with E-state index in [1.54, 1.807) is 0 Å². The summed E-state index contributed by atoms with van der Waals surface area (Å²) in [5.41, 5.74) is 2.04. The van der Waals surface area contributed by atoms with E-state index in [0.717, 1.165) is 11.3 Å². The van der Waals surface area contributed by atoms with Crippen LogP contribution in [0, 0.1) is 6.07 Å². The molecule has 0 aliphatic carbocycles. The molecule has 0 amide bonds. The van der Waals surface area contributed by atoms with Gasteiger partial charge in [0.05, 0.1) is 0 Å². The summed E-state index contributed by atoms with van der Waals surface area (Å²) in [5, 5.41) is 2.39. The predicted molar refractivity (Wildman–Crippen MR) is 66.0 cm³/mol. The third-order valence-corrected chi connectivity index (χ3v) is 2.64. The van der Waals surface area contributed by atoms with E-state index in [2.05, 4.69) is 23.2 Å². The van der Waals surface area contributed by atoms with Gasteiger partial charge < -0.3 is 4.98 Å². The summed E-state index contributed by atoms with van der Waals surface area (Å²) in [6, 6.07) is 21.4. The van der Waals surface area contributed by atoms with Gasteiger partial charge in [-0.05, 0) is 22.5 Å². The Morgan fingerprint density at radius 1 is 0.882 bits per heavy atom. The Bertz CT molecular complexity index is 615. The van der Waals surface area contributed by atoms with Gasteiger partial charge in [0.1, 0.15) is 0 Å². The molecule has 0 fully saturated rings. The van der Waals surface area contributed by atoms with Gasteiger partial charge >= 0.3 is 0 Å². The molecule has 3 aromatic rings. The van der Waals surface area contributed by atoms with Gasteiger partial charge in [0.15, 0.2) is 0 Å². The number of hydrogen-bond donors (Lipinski definition) is 0. The van der Waals surface area contributed by atoms with Gasteiger partial charge in [0.25, 0.3) is 0 Å². The number of pyridine rings is 1. The largest absolute Gasteiger partial charge is 0.304 e. The minimum Gasteiger partial charge on any atom is -0.304 e. The third-order valence-electron chi connectivity index (χ3n) is 2.64. The Labute approximate surface area is 114 Å². The van der Waals surface area contributed by atoms with Crippen molar-refractivity contribution in [1.29, 1.82) is 0 Å². The van der Waals surface area contributed by atoms with Crippen molar-refractivity contribution in [1.82, 2.24) is 4.98 Å². The Morgan fingerprint density at radius 2 is 1.71 bits per heavy atom. The van der Waals surface area contributed by atoms with Crippen molar-refractivity contribution < 1.29 is 20.1 Å². The first kappa shape index (κ1) is 12.0. The first-order valence-corrected chi connectivity index (χ1v) is 5.26. The second kappa shape index (κ2) is 5.22. The van der Waals surface area contributed by atoms with E-state index in [4.69, 9.17) is 0 Å². The molecule has 3 rings (SSSR count). The van der Waals surface area contributed by atoms with Crippen LogP contribution in [-0.2, 0) is 20.1 Å². The van der Waals surface area contributed by atoms with Gasteiger partial charge in [-0.15, -0.1) is 35.9 Å². The van der Waals surface area contributed by atoms with E-state index >= 15 is 0 Å². The zero-order chi connectivity index (χ0) is 10.8. The van der Waals surface area contributed by atoms with Gasteiger partial charge in [0, 0.05) is 26.3 Å². The summed E-state index contributed by atoms with van der Waals surface area (Å²) in [5.74, 6) is 0. The number of benzene rings is 2. The fourth-order valence-corrected chi connectivity index (χ4v) is 1.87. The van der Waals surface area contributed by atoms with Crippen LogP contribution in [0.5, 0.6) is 0 Å². The maximum atomic E-state index is 4.45. The smallest absolute Gasteiger partial charge is 0.0167 e. The Kier molecular flexibility index (Phi) is 3.68. The molecule has 1 aromatic heterocycles. The SMILES string of the molecule is [Ir].[c-]1ccccc1-c1nccc2ccccc12. The molecular weight excluding hydrogens is 386 g/mol. The Balaban J connectivity index is 0.00000108. The molecule has 2 heteroatoms. The van der Waals surface area contributed by atoms with E-state index in [-0.39, 0.29) is 20.1 Å². The topological polar surface area (TPSA) is 12.9 Å². The molecule has 0 N–H and O–H groups in total. The molecule has 1 radical (unpaired) electrons. The molecule has 2 aromatic carbocycles. The number of nitrogens with zero attached hydrogens (tertiary/aromatic N) is 1. The summed E-state index contributed by atoms with van der Waals surface area (Å²) in [4.78, 5) is 4.45. The van der Waals surface area contributed by atoms with Crippen molar-refractivity contribution >= 4 is 10.8 Å². The average Bonchev–Trinajstić information content (AvgIpc) is 2.39. The van der Waals surface area contributed by atoms with Gasteiger partial charge in [-0.3, -0.25) is 0 Å². The van der Waals surface area contributed by atoms with Gasteiger partial charge in [0.2, 0.25) is 0 Å².